The molecule has 0 aromatic rings. The molecule has 3 nitrogen and oxygen atoms in total. The van der Waals surface area contributed by atoms with Crippen molar-refractivity contribution in [3.05, 3.63) is 0 Å². The lowest BCUT2D eigenvalue weighted by Gasteiger charge is -2.34. The van der Waals surface area contributed by atoms with Gasteiger partial charge < -0.3 is 4.74 Å². The summed E-state index contributed by atoms with van der Waals surface area (Å²) >= 11 is 0. The van der Waals surface area contributed by atoms with Crippen LogP contribution in [-0.2, 0) is 4.74 Å². The fourth-order valence-corrected chi connectivity index (χ4v) is 3.36. The van der Waals surface area contributed by atoms with Gasteiger partial charge in [0.1, 0.15) is 0 Å². The third-order valence-corrected chi connectivity index (χ3v) is 5.01. The lowest BCUT2D eigenvalue weighted by atomic mass is 9.70. The minimum atomic E-state index is -0.415. The molecule has 0 aliphatic heterocycles. The van der Waals surface area contributed by atoms with E-state index in [0.29, 0.717) is 12.5 Å². The van der Waals surface area contributed by atoms with Crippen LogP contribution in [0.2, 0.25) is 0 Å². The van der Waals surface area contributed by atoms with Gasteiger partial charge in [-0.15, -0.1) is 0 Å². The zero-order valence-electron chi connectivity index (χ0n) is 10.7. The molecule has 0 N–H and O–H groups in total. The van der Waals surface area contributed by atoms with Crippen LogP contribution in [0, 0.1) is 16.7 Å². The van der Waals surface area contributed by atoms with Gasteiger partial charge in [0.15, 0.2) is 0 Å². The summed E-state index contributed by atoms with van der Waals surface area (Å²) < 4.78 is 4.90. The van der Waals surface area contributed by atoms with Crippen molar-refractivity contribution in [3.63, 3.8) is 0 Å². The maximum Gasteiger partial charge on any atom is 0.433 e. The Morgan fingerprint density at radius 3 is 2.62 bits per heavy atom. The second-order valence-electron chi connectivity index (χ2n) is 5.75. The Kier molecular flexibility index (Phi) is 2.59. The molecular formula is C13H21NO2. The van der Waals surface area contributed by atoms with E-state index in [9.17, 15) is 4.79 Å². The van der Waals surface area contributed by atoms with Crippen molar-refractivity contribution in [2.45, 2.75) is 47.0 Å². The number of rotatable bonds is 1. The highest BCUT2D eigenvalue weighted by Crippen LogP contribution is 2.63. The minimum Gasteiger partial charge on any atom is -0.448 e. The molecule has 3 heteroatoms. The van der Waals surface area contributed by atoms with Gasteiger partial charge in [0.2, 0.25) is 0 Å². The summed E-state index contributed by atoms with van der Waals surface area (Å²) in [5, 5.41) is 0. The summed E-state index contributed by atoms with van der Waals surface area (Å²) in [5.74, 6) is 0.686. The zero-order chi connectivity index (χ0) is 12.0. The van der Waals surface area contributed by atoms with E-state index >= 15 is 0 Å². The second kappa shape index (κ2) is 3.57. The third-order valence-electron chi connectivity index (χ3n) is 5.01. The van der Waals surface area contributed by atoms with Crippen LogP contribution in [0.4, 0.5) is 4.79 Å². The molecule has 2 rings (SSSR count). The molecular weight excluding hydrogens is 202 g/mol. The number of nitrogens with zero attached hydrogens (tertiary/aromatic N) is 1. The van der Waals surface area contributed by atoms with Gasteiger partial charge in [0, 0.05) is 11.1 Å². The molecule has 16 heavy (non-hydrogen) atoms. The molecule has 2 atom stereocenters. The lowest BCUT2D eigenvalue weighted by Crippen LogP contribution is -2.33. The fraction of sp³-hybridized carbons (Fsp3) is 0.846. The molecule has 1 amide bonds. The van der Waals surface area contributed by atoms with Gasteiger partial charge in [0.05, 0.1) is 6.61 Å². The maximum atomic E-state index is 11.4. The highest BCUT2D eigenvalue weighted by molar-refractivity contribution is 6.00. The molecule has 0 saturated heterocycles. The van der Waals surface area contributed by atoms with E-state index in [1.165, 1.54) is 6.42 Å². The van der Waals surface area contributed by atoms with Gasteiger partial charge in [0.25, 0.3) is 0 Å². The Balaban J connectivity index is 2.24. The first-order chi connectivity index (χ1) is 7.41. The average molecular weight is 223 g/mol. The average Bonchev–Trinajstić information content (AvgIpc) is 2.51. The molecule has 2 fully saturated rings. The predicted octanol–water partition coefficient (Wildman–Crippen LogP) is 3.43. The summed E-state index contributed by atoms with van der Waals surface area (Å²) in [4.78, 5) is 15.6. The molecule has 2 unspecified atom stereocenters. The number of carbonyl (C=O) groups excluding carboxylic acids is 1. The number of amides is 1. The molecule has 2 bridgehead atoms. The standard InChI is InChI=1S/C13H21NO2/c1-5-16-11(15)14-10-8-9-6-7-13(10,4)12(9,2)3/h9H,5-8H2,1-4H3/b14-10+. The van der Waals surface area contributed by atoms with Crippen LogP contribution >= 0.6 is 0 Å². The van der Waals surface area contributed by atoms with Crippen LogP contribution in [-0.4, -0.2) is 18.4 Å². The number of carbonyl (C=O) groups is 1. The first kappa shape index (κ1) is 11.6. The number of hydrogen-bond acceptors (Lipinski definition) is 2. The summed E-state index contributed by atoms with van der Waals surface area (Å²) in [6.07, 6.45) is 2.98. The predicted molar refractivity (Wildman–Crippen MR) is 63.7 cm³/mol. The van der Waals surface area contributed by atoms with E-state index in [4.69, 9.17) is 4.74 Å². The molecule has 2 aliphatic rings. The highest BCUT2D eigenvalue weighted by Gasteiger charge is 2.59. The first-order valence-corrected chi connectivity index (χ1v) is 6.16. The lowest BCUT2D eigenvalue weighted by molar-refractivity contribution is 0.162. The normalized spacial score (nSPS) is 38.0. The first-order valence-electron chi connectivity index (χ1n) is 6.16. The van der Waals surface area contributed by atoms with Crippen molar-refractivity contribution < 1.29 is 9.53 Å². The quantitative estimate of drug-likeness (QED) is 0.683. The Labute approximate surface area is 97.3 Å². The van der Waals surface area contributed by atoms with E-state index in [0.717, 1.165) is 18.6 Å². The summed E-state index contributed by atoms with van der Waals surface area (Å²) in [7, 11) is 0. The molecule has 0 radical (unpaired) electrons. The van der Waals surface area contributed by atoms with Crippen LogP contribution in [0.15, 0.2) is 4.99 Å². The Morgan fingerprint density at radius 2 is 2.19 bits per heavy atom. The van der Waals surface area contributed by atoms with Crippen molar-refractivity contribution in [3.8, 4) is 0 Å². The second-order valence-corrected chi connectivity index (χ2v) is 5.75. The van der Waals surface area contributed by atoms with Crippen molar-refractivity contribution in [1.82, 2.24) is 0 Å². The third kappa shape index (κ3) is 1.40. The van der Waals surface area contributed by atoms with E-state index in [2.05, 4.69) is 25.8 Å². The fourth-order valence-electron chi connectivity index (χ4n) is 3.36. The summed E-state index contributed by atoms with van der Waals surface area (Å²) in [6.45, 7) is 9.07. The summed E-state index contributed by atoms with van der Waals surface area (Å²) in [6, 6.07) is 0. The van der Waals surface area contributed by atoms with Gasteiger partial charge in [-0.2, -0.15) is 4.99 Å². The monoisotopic (exact) mass is 223 g/mol. The van der Waals surface area contributed by atoms with Gasteiger partial charge >= 0.3 is 6.09 Å². The van der Waals surface area contributed by atoms with Crippen molar-refractivity contribution in [2.24, 2.45) is 21.7 Å². The smallest absolute Gasteiger partial charge is 0.433 e. The van der Waals surface area contributed by atoms with Crippen molar-refractivity contribution >= 4 is 11.8 Å². The van der Waals surface area contributed by atoms with Gasteiger partial charge in [-0.1, -0.05) is 20.8 Å². The number of ether oxygens (including phenoxy) is 1. The van der Waals surface area contributed by atoms with Crippen LogP contribution in [0.1, 0.15) is 47.0 Å². The topological polar surface area (TPSA) is 38.7 Å². The van der Waals surface area contributed by atoms with E-state index in [1.807, 2.05) is 6.92 Å². The maximum absolute atomic E-state index is 11.4. The highest BCUT2D eigenvalue weighted by atomic mass is 16.5. The molecule has 90 valence electrons. The largest absolute Gasteiger partial charge is 0.448 e. The minimum absolute atomic E-state index is 0.102. The van der Waals surface area contributed by atoms with Crippen molar-refractivity contribution in [1.29, 1.82) is 0 Å². The molecule has 2 aliphatic carbocycles. The molecule has 0 heterocycles. The molecule has 0 aromatic heterocycles. The van der Waals surface area contributed by atoms with Gasteiger partial charge in [-0.3, -0.25) is 0 Å². The van der Waals surface area contributed by atoms with Crippen LogP contribution in [0.5, 0.6) is 0 Å². The van der Waals surface area contributed by atoms with Crippen LogP contribution < -0.4 is 0 Å². The Bertz CT molecular complexity index is 346. The van der Waals surface area contributed by atoms with Crippen LogP contribution in [0.25, 0.3) is 0 Å². The number of fused-ring (bicyclic) bond motifs is 2. The van der Waals surface area contributed by atoms with Crippen LogP contribution in [0.3, 0.4) is 0 Å². The Morgan fingerprint density at radius 1 is 1.50 bits per heavy atom. The van der Waals surface area contributed by atoms with Gasteiger partial charge in [-0.05, 0) is 37.5 Å². The van der Waals surface area contributed by atoms with E-state index < -0.39 is 6.09 Å². The van der Waals surface area contributed by atoms with Crippen molar-refractivity contribution in [2.75, 3.05) is 6.61 Å². The number of aliphatic imine (C=N–C) groups is 1. The Hall–Kier alpha value is -0.860. The van der Waals surface area contributed by atoms with E-state index in [1.54, 1.807) is 0 Å². The summed E-state index contributed by atoms with van der Waals surface area (Å²) in [5.41, 5.74) is 1.44. The SMILES string of the molecule is CCOC(=O)/N=C1\CC2CCC1(C)C2(C)C. The molecule has 2 saturated carbocycles. The molecule has 0 aromatic carbocycles. The van der Waals surface area contributed by atoms with Gasteiger partial charge in [-0.25, -0.2) is 4.79 Å². The zero-order valence-corrected chi connectivity index (χ0v) is 10.7. The van der Waals surface area contributed by atoms with E-state index in [-0.39, 0.29) is 10.8 Å². The number of hydrogen-bond donors (Lipinski definition) is 0. The molecule has 0 spiro atoms.